The Balaban J connectivity index is 2.22. The summed E-state index contributed by atoms with van der Waals surface area (Å²) in [7, 11) is 0. The van der Waals surface area contributed by atoms with Crippen LogP contribution in [0.5, 0.6) is 0 Å². The summed E-state index contributed by atoms with van der Waals surface area (Å²) in [5.74, 6) is -0.675. The van der Waals surface area contributed by atoms with E-state index in [1.165, 1.54) is 32.2 Å². The lowest BCUT2D eigenvalue weighted by atomic mass is 10.00. The molecule has 0 amide bonds. The quantitative estimate of drug-likeness (QED) is 0.516. The number of benzene rings is 1. The van der Waals surface area contributed by atoms with Crippen LogP contribution in [-0.4, -0.2) is 30.6 Å². The molecule has 29 heavy (non-hydrogen) atoms. The molecule has 3 aromatic rings. The van der Waals surface area contributed by atoms with Gasteiger partial charge in [-0.05, 0) is 26.0 Å². The highest BCUT2D eigenvalue weighted by Gasteiger charge is 2.40. The van der Waals surface area contributed by atoms with Crippen molar-refractivity contribution in [2.45, 2.75) is 38.8 Å². The Morgan fingerprint density at radius 3 is 2.45 bits per heavy atom. The van der Waals surface area contributed by atoms with Gasteiger partial charge in [-0.25, -0.2) is 4.39 Å². The molecule has 156 valence electrons. The number of aliphatic hydroxyl groups excluding tert-OH is 1. The molecule has 0 bridgehead atoms. The van der Waals surface area contributed by atoms with Gasteiger partial charge in [-0.3, -0.25) is 4.68 Å². The van der Waals surface area contributed by atoms with Gasteiger partial charge < -0.3 is 15.2 Å². The van der Waals surface area contributed by atoms with Gasteiger partial charge in [0.2, 0.25) is 0 Å². The van der Waals surface area contributed by atoms with E-state index in [9.17, 15) is 27.8 Å². The monoisotopic (exact) mass is 431 g/mol. The number of alkyl halides is 3. The third kappa shape index (κ3) is 4.17. The summed E-state index contributed by atoms with van der Waals surface area (Å²) < 4.78 is 56.4. The highest BCUT2D eigenvalue weighted by molar-refractivity contribution is 6.33. The highest BCUT2D eigenvalue weighted by Crippen LogP contribution is 2.42. The van der Waals surface area contributed by atoms with E-state index in [2.05, 4.69) is 10.1 Å². The van der Waals surface area contributed by atoms with Gasteiger partial charge in [-0.1, -0.05) is 17.7 Å². The molecular weight excluding hydrogens is 414 g/mol. The van der Waals surface area contributed by atoms with Crippen LogP contribution in [0.2, 0.25) is 5.02 Å². The van der Waals surface area contributed by atoms with Crippen LogP contribution in [-0.2, 0) is 19.3 Å². The van der Waals surface area contributed by atoms with Gasteiger partial charge in [0, 0.05) is 28.5 Å². The minimum Gasteiger partial charge on any atom is -0.392 e. The Morgan fingerprint density at radius 1 is 1.21 bits per heavy atom. The van der Waals surface area contributed by atoms with Gasteiger partial charge in [0.1, 0.15) is 5.82 Å². The minimum absolute atomic E-state index is 0.0295. The smallest absolute Gasteiger partial charge is 0.392 e. The predicted molar refractivity (Wildman–Crippen MR) is 99.6 cm³/mol. The van der Waals surface area contributed by atoms with Crippen molar-refractivity contribution in [2.75, 3.05) is 0 Å². The second-order valence-electron chi connectivity index (χ2n) is 7.19. The third-order valence-corrected chi connectivity index (χ3v) is 4.61. The summed E-state index contributed by atoms with van der Waals surface area (Å²) in [6.45, 7) is 1.66. The third-order valence-electron chi connectivity index (χ3n) is 4.29. The van der Waals surface area contributed by atoms with E-state index in [1.807, 2.05) is 0 Å². The van der Waals surface area contributed by atoms with Crippen molar-refractivity contribution in [2.24, 2.45) is 0 Å². The number of rotatable bonds is 5. The Kier molecular flexibility index (Phi) is 5.50. The molecule has 2 aromatic heterocycles. The van der Waals surface area contributed by atoms with Crippen molar-refractivity contribution in [3.63, 3.8) is 0 Å². The number of hydrogen-bond donors (Lipinski definition) is 3. The van der Waals surface area contributed by atoms with E-state index in [4.69, 9.17) is 11.6 Å². The lowest BCUT2D eigenvalue weighted by Crippen LogP contribution is -2.29. The number of aromatic amines is 1. The molecule has 0 fully saturated rings. The van der Waals surface area contributed by atoms with Crippen LogP contribution in [0.3, 0.4) is 0 Å². The normalized spacial score (nSPS) is 12.6. The Morgan fingerprint density at radius 2 is 1.90 bits per heavy atom. The molecule has 1 aromatic carbocycles. The first-order chi connectivity index (χ1) is 13.4. The second kappa shape index (κ2) is 7.47. The van der Waals surface area contributed by atoms with Crippen molar-refractivity contribution < 1.29 is 27.8 Å². The van der Waals surface area contributed by atoms with Gasteiger partial charge >= 0.3 is 6.18 Å². The Labute approximate surface area is 168 Å². The first kappa shape index (κ1) is 21.4. The number of aromatic nitrogens is 3. The molecule has 0 aliphatic heterocycles. The van der Waals surface area contributed by atoms with E-state index < -0.39 is 36.4 Å². The molecule has 5 nitrogen and oxygen atoms in total. The first-order valence-electron chi connectivity index (χ1n) is 8.55. The molecule has 0 radical (unpaired) electrons. The second-order valence-corrected chi connectivity index (χ2v) is 7.59. The number of aliphatic hydroxyl groups is 2. The van der Waals surface area contributed by atoms with Crippen molar-refractivity contribution in [1.82, 2.24) is 14.8 Å². The zero-order chi connectivity index (χ0) is 21.6. The molecule has 0 unspecified atom stereocenters. The highest BCUT2D eigenvalue weighted by atomic mass is 35.5. The fourth-order valence-corrected chi connectivity index (χ4v) is 3.45. The van der Waals surface area contributed by atoms with Gasteiger partial charge in [-0.2, -0.15) is 18.3 Å². The lowest BCUT2D eigenvalue weighted by molar-refractivity contribution is -0.144. The molecule has 0 aliphatic carbocycles. The fourth-order valence-electron chi connectivity index (χ4n) is 3.19. The maximum absolute atomic E-state index is 14.3. The number of hydrogen-bond acceptors (Lipinski definition) is 3. The van der Waals surface area contributed by atoms with Crippen LogP contribution in [0.4, 0.5) is 17.6 Å². The van der Waals surface area contributed by atoms with Crippen LogP contribution in [0, 0.1) is 5.82 Å². The summed E-state index contributed by atoms with van der Waals surface area (Å²) in [5, 5.41) is 23.6. The van der Waals surface area contributed by atoms with Gasteiger partial charge in [0.05, 0.1) is 35.7 Å². The van der Waals surface area contributed by atoms with Crippen molar-refractivity contribution in [1.29, 1.82) is 0 Å². The maximum atomic E-state index is 14.3. The molecule has 3 rings (SSSR count). The average Bonchev–Trinajstić information content (AvgIpc) is 3.16. The number of nitrogens with zero attached hydrogens (tertiary/aromatic N) is 2. The van der Waals surface area contributed by atoms with Crippen LogP contribution in [0.15, 0.2) is 30.6 Å². The molecule has 0 aliphatic rings. The summed E-state index contributed by atoms with van der Waals surface area (Å²) >= 11 is 6.07. The molecular formula is C19H18ClF4N3O2. The molecule has 2 heterocycles. The van der Waals surface area contributed by atoms with Crippen molar-refractivity contribution in [3.8, 4) is 22.4 Å². The summed E-state index contributed by atoms with van der Waals surface area (Å²) in [4.78, 5) is 2.68. The van der Waals surface area contributed by atoms with E-state index >= 15 is 0 Å². The Hall–Kier alpha value is -2.36. The van der Waals surface area contributed by atoms with Gasteiger partial charge in [0.25, 0.3) is 0 Å². The van der Waals surface area contributed by atoms with Crippen molar-refractivity contribution >= 4 is 11.6 Å². The van der Waals surface area contributed by atoms with Crippen LogP contribution < -0.4 is 0 Å². The fraction of sp³-hybridized carbons (Fsp3) is 0.316. The van der Waals surface area contributed by atoms with Crippen LogP contribution in [0.1, 0.15) is 25.1 Å². The minimum atomic E-state index is -4.79. The van der Waals surface area contributed by atoms with E-state index in [1.54, 1.807) is 0 Å². The molecule has 3 N–H and O–H groups in total. The summed E-state index contributed by atoms with van der Waals surface area (Å²) in [6.07, 6.45) is -2.50. The van der Waals surface area contributed by atoms with E-state index in [0.29, 0.717) is 4.68 Å². The predicted octanol–water partition coefficient (Wildman–Crippen LogP) is 4.62. The SMILES string of the molecule is CC(C)(O)Cn1ncc(-c2[nH]cc(-c3c(F)cccc3Cl)c2CO)c1C(F)(F)F. The molecule has 10 heteroatoms. The molecule has 0 saturated heterocycles. The topological polar surface area (TPSA) is 74.1 Å². The Bertz CT molecular complexity index is 1010. The van der Waals surface area contributed by atoms with Crippen LogP contribution >= 0.6 is 11.6 Å². The molecule has 0 spiro atoms. The summed E-state index contributed by atoms with van der Waals surface area (Å²) in [5.41, 5.74) is -2.76. The number of H-pyrrole nitrogens is 1. The average molecular weight is 432 g/mol. The van der Waals surface area contributed by atoms with Crippen molar-refractivity contribution in [3.05, 3.63) is 52.7 Å². The zero-order valence-electron chi connectivity index (χ0n) is 15.5. The van der Waals surface area contributed by atoms with E-state index in [-0.39, 0.29) is 33.0 Å². The molecule has 0 atom stereocenters. The van der Waals surface area contributed by atoms with Crippen LogP contribution in [0.25, 0.3) is 22.4 Å². The zero-order valence-corrected chi connectivity index (χ0v) is 16.2. The number of nitrogens with one attached hydrogen (secondary N) is 1. The van der Waals surface area contributed by atoms with Gasteiger partial charge in [0.15, 0.2) is 5.69 Å². The largest absolute Gasteiger partial charge is 0.433 e. The van der Waals surface area contributed by atoms with E-state index in [0.717, 1.165) is 12.3 Å². The lowest BCUT2D eigenvalue weighted by Gasteiger charge is -2.20. The molecule has 0 saturated carbocycles. The maximum Gasteiger partial charge on any atom is 0.433 e. The summed E-state index contributed by atoms with van der Waals surface area (Å²) in [6, 6.07) is 4.00. The first-order valence-corrected chi connectivity index (χ1v) is 8.93. The van der Waals surface area contributed by atoms with Gasteiger partial charge in [-0.15, -0.1) is 0 Å². The number of halogens is 5. The standard InChI is InChI=1S/C19H18ClF4N3O2/c1-18(2,29)9-27-17(19(22,23)24)11(7-26-27)16-12(8-28)10(6-25-16)15-13(20)4-3-5-14(15)21/h3-7,25,28-29H,8-9H2,1-2H3.